The first kappa shape index (κ1) is 18.5. The summed E-state index contributed by atoms with van der Waals surface area (Å²) in [5.74, 6) is 0.540. The normalized spacial score (nSPS) is 11.0. The minimum atomic E-state index is -0.256. The number of carbonyl (C=O) groups is 1. The van der Waals surface area contributed by atoms with Crippen LogP contribution in [0.1, 0.15) is 44.0 Å². The number of aromatic nitrogens is 2. The molecule has 3 nitrogen and oxygen atoms in total. The van der Waals surface area contributed by atoms with Crippen molar-refractivity contribution in [3.63, 3.8) is 0 Å². The van der Waals surface area contributed by atoms with Gasteiger partial charge in [0.15, 0.2) is 0 Å². The lowest BCUT2D eigenvalue weighted by Gasteiger charge is -2.11. The zero-order valence-corrected chi connectivity index (χ0v) is 17.1. The molecule has 1 aromatic heterocycles. The van der Waals surface area contributed by atoms with Gasteiger partial charge in [-0.3, -0.25) is 4.79 Å². The van der Waals surface area contributed by atoms with Crippen molar-refractivity contribution in [2.24, 2.45) is 0 Å². The second kappa shape index (κ2) is 6.76. The van der Waals surface area contributed by atoms with E-state index in [9.17, 15) is 4.79 Å². The minimum absolute atomic E-state index is 0.256. The summed E-state index contributed by atoms with van der Waals surface area (Å²) in [5, 5.41) is -0.256. The molecule has 0 aliphatic carbocycles. The maximum atomic E-state index is 12.5. The van der Waals surface area contributed by atoms with Crippen molar-refractivity contribution < 1.29 is 9.36 Å². The standard InChI is InChI=1S/C22H24N2OS/c1-13-9-15(3)19(16(4)10-13)23-7-8-24(21(23)22(25)26)20-17(5)11-14(2)12-18(20)6/h7-12H,1-6H3/p+1. The fourth-order valence-electron chi connectivity index (χ4n) is 4.06. The van der Waals surface area contributed by atoms with Crippen molar-refractivity contribution in [1.29, 1.82) is 0 Å². The topological polar surface area (TPSA) is 25.9 Å². The van der Waals surface area contributed by atoms with Gasteiger partial charge in [0.1, 0.15) is 23.8 Å². The molecule has 0 unspecified atom stereocenters. The number of hydrogen-bond donors (Lipinski definition) is 1. The maximum absolute atomic E-state index is 12.5. The Labute approximate surface area is 160 Å². The molecule has 0 saturated heterocycles. The Morgan fingerprint density at radius 1 is 0.846 bits per heavy atom. The fraction of sp³-hybridized carbons (Fsp3) is 0.273. The number of benzene rings is 2. The van der Waals surface area contributed by atoms with Crippen LogP contribution in [-0.2, 0) is 0 Å². The Kier molecular flexibility index (Phi) is 4.80. The molecule has 134 valence electrons. The van der Waals surface area contributed by atoms with E-state index in [0.717, 1.165) is 33.6 Å². The van der Waals surface area contributed by atoms with Gasteiger partial charge in [-0.2, -0.15) is 9.13 Å². The Bertz CT molecular complexity index is 910. The molecule has 4 heteroatoms. The molecule has 0 atom stereocenters. The van der Waals surface area contributed by atoms with E-state index in [1.807, 2.05) is 21.5 Å². The van der Waals surface area contributed by atoms with Gasteiger partial charge in [0.05, 0.1) is 0 Å². The van der Waals surface area contributed by atoms with Gasteiger partial charge < -0.3 is 0 Å². The first-order valence-corrected chi connectivity index (χ1v) is 9.18. The molecular weight excluding hydrogens is 340 g/mol. The van der Waals surface area contributed by atoms with Gasteiger partial charge in [-0.1, -0.05) is 48.0 Å². The second-order valence-electron chi connectivity index (χ2n) is 7.16. The number of thiol groups is 1. The summed E-state index contributed by atoms with van der Waals surface area (Å²) >= 11 is 4.19. The van der Waals surface area contributed by atoms with E-state index < -0.39 is 0 Å². The molecule has 1 heterocycles. The summed E-state index contributed by atoms with van der Waals surface area (Å²) in [7, 11) is 0. The van der Waals surface area contributed by atoms with Crippen LogP contribution >= 0.6 is 12.6 Å². The number of rotatable bonds is 3. The molecule has 0 N–H and O–H groups in total. The van der Waals surface area contributed by atoms with E-state index >= 15 is 0 Å². The van der Waals surface area contributed by atoms with Gasteiger partial charge in [-0.15, -0.1) is 0 Å². The van der Waals surface area contributed by atoms with Crippen molar-refractivity contribution in [1.82, 2.24) is 4.57 Å². The summed E-state index contributed by atoms with van der Waals surface area (Å²) in [6.07, 6.45) is 3.90. The smallest absolute Gasteiger partial charge is 0.273 e. The van der Waals surface area contributed by atoms with Crippen LogP contribution in [0.2, 0.25) is 0 Å². The number of hydrogen-bond acceptors (Lipinski definition) is 1. The van der Waals surface area contributed by atoms with Crippen molar-refractivity contribution in [2.45, 2.75) is 41.5 Å². The van der Waals surface area contributed by atoms with Crippen LogP contribution in [0, 0.1) is 41.5 Å². The van der Waals surface area contributed by atoms with E-state index in [1.165, 1.54) is 11.1 Å². The van der Waals surface area contributed by atoms with E-state index in [0.29, 0.717) is 5.82 Å². The molecule has 0 amide bonds. The van der Waals surface area contributed by atoms with Crippen LogP contribution in [0.5, 0.6) is 0 Å². The third kappa shape index (κ3) is 3.10. The Morgan fingerprint density at radius 3 is 1.77 bits per heavy atom. The van der Waals surface area contributed by atoms with Crippen LogP contribution in [-0.4, -0.2) is 9.68 Å². The zero-order chi connectivity index (χ0) is 19.2. The highest BCUT2D eigenvalue weighted by Gasteiger charge is 2.29. The Balaban J connectivity index is 2.33. The van der Waals surface area contributed by atoms with Crippen molar-refractivity contribution in [3.8, 4) is 11.4 Å². The summed E-state index contributed by atoms with van der Waals surface area (Å²) in [6, 6.07) is 8.56. The predicted molar refractivity (Wildman–Crippen MR) is 109 cm³/mol. The number of aryl methyl sites for hydroxylation is 6. The van der Waals surface area contributed by atoms with Crippen molar-refractivity contribution >= 4 is 17.7 Å². The maximum Gasteiger partial charge on any atom is 0.347 e. The molecule has 0 fully saturated rings. The molecule has 3 rings (SSSR count). The van der Waals surface area contributed by atoms with Crippen LogP contribution in [0.25, 0.3) is 11.4 Å². The van der Waals surface area contributed by atoms with Gasteiger partial charge in [-0.05, 0) is 63.8 Å². The highest BCUT2D eigenvalue weighted by molar-refractivity contribution is 7.97. The van der Waals surface area contributed by atoms with Crippen LogP contribution in [0.4, 0.5) is 0 Å². The van der Waals surface area contributed by atoms with E-state index in [4.69, 9.17) is 0 Å². The monoisotopic (exact) mass is 365 g/mol. The minimum Gasteiger partial charge on any atom is -0.273 e. The third-order valence-corrected chi connectivity index (χ3v) is 4.97. The summed E-state index contributed by atoms with van der Waals surface area (Å²) in [6.45, 7) is 12.5. The van der Waals surface area contributed by atoms with Crippen LogP contribution < -0.4 is 4.57 Å². The highest BCUT2D eigenvalue weighted by atomic mass is 32.1. The molecule has 2 aromatic carbocycles. The molecule has 0 radical (unpaired) electrons. The summed E-state index contributed by atoms with van der Waals surface area (Å²) in [4.78, 5) is 12.5. The summed E-state index contributed by atoms with van der Waals surface area (Å²) in [5.41, 5.74) is 9.05. The van der Waals surface area contributed by atoms with Gasteiger partial charge in [-0.25, -0.2) is 0 Å². The van der Waals surface area contributed by atoms with E-state index in [2.05, 4.69) is 78.4 Å². The molecule has 3 aromatic rings. The largest absolute Gasteiger partial charge is 0.347 e. The highest BCUT2D eigenvalue weighted by Crippen LogP contribution is 2.24. The molecule has 0 spiro atoms. The average molecular weight is 366 g/mol. The van der Waals surface area contributed by atoms with Gasteiger partial charge in [0, 0.05) is 0 Å². The lowest BCUT2D eigenvalue weighted by atomic mass is 10.0. The third-order valence-electron chi connectivity index (χ3n) is 4.77. The summed E-state index contributed by atoms with van der Waals surface area (Å²) < 4.78 is 3.91. The Hall–Kier alpha value is -2.33. The number of carbonyl (C=O) groups excluding carboxylic acids is 1. The number of imidazole rings is 1. The van der Waals surface area contributed by atoms with Crippen LogP contribution in [0.15, 0.2) is 36.7 Å². The first-order chi connectivity index (χ1) is 12.2. The Morgan fingerprint density at radius 2 is 1.31 bits per heavy atom. The van der Waals surface area contributed by atoms with E-state index in [1.54, 1.807) is 0 Å². The lowest BCUT2D eigenvalue weighted by molar-refractivity contribution is -0.597. The fourth-order valence-corrected chi connectivity index (χ4v) is 4.28. The van der Waals surface area contributed by atoms with Gasteiger partial charge in [0.25, 0.3) is 5.12 Å². The molecule has 0 aliphatic rings. The SMILES string of the molecule is Cc1cc(C)c(-n2cc[n+](-c3c(C)cc(C)cc3C)c2C(=O)S)c(C)c1. The molecule has 26 heavy (non-hydrogen) atoms. The van der Waals surface area contributed by atoms with Gasteiger partial charge >= 0.3 is 5.82 Å². The van der Waals surface area contributed by atoms with Crippen molar-refractivity contribution in [2.75, 3.05) is 0 Å². The molecule has 0 aliphatic heterocycles. The molecule has 0 bridgehead atoms. The number of nitrogens with zero attached hydrogens (tertiary/aromatic N) is 2. The van der Waals surface area contributed by atoms with E-state index in [-0.39, 0.29) is 5.12 Å². The first-order valence-electron chi connectivity index (χ1n) is 8.73. The zero-order valence-electron chi connectivity index (χ0n) is 16.2. The molecule has 0 saturated carbocycles. The van der Waals surface area contributed by atoms with Gasteiger partial charge in [0.2, 0.25) is 0 Å². The lowest BCUT2D eigenvalue weighted by Crippen LogP contribution is -2.38. The van der Waals surface area contributed by atoms with Crippen LogP contribution in [0.3, 0.4) is 0 Å². The predicted octanol–water partition coefficient (Wildman–Crippen LogP) is 4.67. The quantitative estimate of drug-likeness (QED) is 0.529. The molecular formula is C22H25N2OS+. The average Bonchev–Trinajstić information content (AvgIpc) is 2.89. The second-order valence-corrected chi connectivity index (χ2v) is 7.57. The van der Waals surface area contributed by atoms with Crippen molar-refractivity contribution in [3.05, 3.63) is 75.9 Å².